The summed E-state index contributed by atoms with van der Waals surface area (Å²) in [5.74, 6) is 1.78. The lowest BCUT2D eigenvalue weighted by atomic mass is 10.2. The Labute approximate surface area is 117 Å². The van der Waals surface area contributed by atoms with E-state index < -0.39 is 0 Å². The Kier molecular flexibility index (Phi) is 4.61. The van der Waals surface area contributed by atoms with E-state index in [9.17, 15) is 0 Å². The van der Waals surface area contributed by atoms with Crippen molar-refractivity contribution in [2.75, 3.05) is 5.75 Å². The van der Waals surface area contributed by atoms with Crippen LogP contribution >= 0.6 is 23.4 Å². The third-order valence-corrected chi connectivity index (χ3v) is 3.62. The van der Waals surface area contributed by atoms with Gasteiger partial charge in [0.25, 0.3) is 0 Å². The highest BCUT2D eigenvalue weighted by Crippen LogP contribution is 2.23. The van der Waals surface area contributed by atoms with Gasteiger partial charge in [-0.05, 0) is 30.4 Å². The fourth-order valence-electron chi connectivity index (χ4n) is 1.64. The summed E-state index contributed by atoms with van der Waals surface area (Å²) in [5, 5.41) is 0.504. The average molecular weight is 279 g/mol. The van der Waals surface area contributed by atoms with Gasteiger partial charge in [-0.3, -0.25) is 0 Å². The van der Waals surface area contributed by atoms with E-state index in [2.05, 4.69) is 35.9 Å². The van der Waals surface area contributed by atoms with Crippen molar-refractivity contribution in [3.8, 4) is 11.4 Å². The van der Waals surface area contributed by atoms with Gasteiger partial charge in [0.1, 0.15) is 5.15 Å². The largest absolute Gasteiger partial charge is 0.233 e. The van der Waals surface area contributed by atoms with Crippen LogP contribution in [0.3, 0.4) is 0 Å². The molecule has 0 fully saturated rings. The Hall–Kier alpha value is -1.06. The zero-order valence-electron chi connectivity index (χ0n) is 10.5. The number of aryl methyl sites for hydroxylation is 1. The van der Waals surface area contributed by atoms with E-state index in [0.717, 1.165) is 23.4 Å². The van der Waals surface area contributed by atoms with Crippen LogP contribution in [0.15, 0.2) is 35.2 Å². The lowest BCUT2D eigenvalue weighted by Gasteiger charge is -2.05. The fraction of sp³-hybridized carbons (Fsp3) is 0.286. The van der Waals surface area contributed by atoms with Crippen molar-refractivity contribution < 1.29 is 0 Å². The Bertz CT molecular complexity index is 526. The first-order valence-corrected chi connectivity index (χ1v) is 7.36. The van der Waals surface area contributed by atoms with Gasteiger partial charge in [0.15, 0.2) is 5.82 Å². The first-order valence-electron chi connectivity index (χ1n) is 5.99. The molecule has 1 aromatic heterocycles. The molecule has 0 aliphatic rings. The molecule has 0 aliphatic heterocycles. The first-order chi connectivity index (χ1) is 8.72. The quantitative estimate of drug-likeness (QED) is 0.609. The zero-order chi connectivity index (χ0) is 13.0. The zero-order valence-corrected chi connectivity index (χ0v) is 12.1. The summed E-state index contributed by atoms with van der Waals surface area (Å²) in [5.41, 5.74) is 1.98. The van der Waals surface area contributed by atoms with Gasteiger partial charge in [0.05, 0.1) is 0 Å². The van der Waals surface area contributed by atoms with E-state index in [1.165, 1.54) is 4.90 Å². The third kappa shape index (κ3) is 3.24. The molecular formula is C14H15ClN2S. The van der Waals surface area contributed by atoms with Crippen molar-refractivity contribution in [3.05, 3.63) is 41.2 Å². The molecule has 0 bridgehead atoms. The molecule has 18 heavy (non-hydrogen) atoms. The molecule has 2 nitrogen and oxygen atoms in total. The van der Waals surface area contributed by atoms with E-state index in [-0.39, 0.29) is 0 Å². The maximum atomic E-state index is 6.00. The van der Waals surface area contributed by atoms with Gasteiger partial charge in [-0.25, -0.2) is 9.97 Å². The van der Waals surface area contributed by atoms with Crippen molar-refractivity contribution in [3.63, 3.8) is 0 Å². The van der Waals surface area contributed by atoms with Gasteiger partial charge in [0.2, 0.25) is 0 Å². The molecule has 1 heterocycles. The molecule has 0 radical (unpaired) electrons. The smallest absolute Gasteiger partial charge is 0.161 e. The van der Waals surface area contributed by atoms with Gasteiger partial charge in [0, 0.05) is 16.2 Å². The molecule has 0 unspecified atom stereocenters. The Balaban J connectivity index is 2.33. The Morgan fingerprint density at radius 1 is 1.11 bits per heavy atom. The lowest BCUT2D eigenvalue weighted by Crippen LogP contribution is -1.94. The summed E-state index contributed by atoms with van der Waals surface area (Å²) in [7, 11) is 0. The van der Waals surface area contributed by atoms with Crippen LogP contribution in [0.5, 0.6) is 0 Å². The van der Waals surface area contributed by atoms with Gasteiger partial charge >= 0.3 is 0 Å². The summed E-state index contributed by atoms with van der Waals surface area (Å²) in [6.07, 6.45) is 0.860. The van der Waals surface area contributed by atoms with Crippen LogP contribution < -0.4 is 0 Å². The first kappa shape index (κ1) is 13.4. The van der Waals surface area contributed by atoms with E-state index in [4.69, 9.17) is 11.6 Å². The van der Waals surface area contributed by atoms with Crippen LogP contribution in [0, 0.1) is 0 Å². The molecule has 4 heteroatoms. The predicted molar refractivity (Wildman–Crippen MR) is 78.3 cm³/mol. The highest BCUT2D eigenvalue weighted by molar-refractivity contribution is 7.99. The fourth-order valence-corrected chi connectivity index (χ4v) is 2.51. The molecule has 2 rings (SSSR count). The van der Waals surface area contributed by atoms with Crippen LogP contribution in [0.4, 0.5) is 0 Å². The SMILES string of the molecule is CCSc1ccc(-c2nc(Cl)cc(CC)n2)cc1. The standard InChI is InChI=1S/C14H15ClN2S/c1-3-11-9-13(15)17-14(16-11)10-5-7-12(8-6-10)18-4-2/h5-9H,3-4H2,1-2H3. The minimum absolute atomic E-state index is 0.504. The number of rotatable bonds is 4. The Morgan fingerprint density at radius 3 is 2.44 bits per heavy atom. The highest BCUT2D eigenvalue weighted by Gasteiger charge is 2.05. The Morgan fingerprint density at radius 2 is 1.83 bits per heavy atom. The van der Waals surface area contributed by atoms with Crippen molar-refractivity contribution >= 4 is 23.4 Å². The number of nitrogens with zero attached hydrogens (tertiary/aromatic N) is 2. The van der Waals surface area contributed by atoms with Gasteiger partial charge < -0.3 is 0 Å². The maximum Gasteiger partial charge on any atom is 0.161 e. The molecule has 0 N–H and O–H groups in total. The number of hydrogen-bond acceptors (Lipinski definition) is 3. The number of hydrogen-bond donors (Lipinski definition) is 0. The molecule has 0 aliphatic carbocycles. The second kappa shape index (κ2) is 6.21. The van der Waals surface area contributed by atoms with E-state index >= 15 is 0 Å². The van der Waals surface area contributed by atoms with Crippen LogP contribution in [0.1, 0.15) is 19.5 Å². The highest BCUT2D eigenvalue weighted by atomic mass is 35.5. The summed E-state index contributed by atoms with van der Waals surface area (Å²) < 4.78 is 0. The number of aromatic nitrogens is 2. The van der Waals surface area contributed by atoms with Crippen molar-refractivity contribution in [2.45, 2.75) is 25.2 Å². The van der Waals surface area contributed by atoms with Crippen molar-refractivity contribution in [1.82, 2.24) is 9.97 Å². The van der Waals surface area contributed by atoms with E-state index in [0.29, 0.717) is 11.0 Å². The van der Waals surface area contributed by atoms with Crippen LogP contribution in [-0.2, 0) is 6.42 Å². The third-order valence-electron chi connectivity index (χ3n) is 2.53. The summed E-state index contributed by atoms with van der Waals surface area (Å²) in [4.78, 5) is 10.0. The topological polar surface area (TPSA) is 25.8 Å². The summed E-state index contributed by atoms with van der Waals surface area (Å²) in [6, 6.07) is 10.1. The van der Waals surface area contributed by atoms with E-state index in [1.807, 2.05) is 30.0 Å². The molecule has 0 spiro atoms. The van der Waals surface area contributed by atoms with Gasteiger partial charge in [-0.2, -0.15) is 0 Å². The molecule has 0 saturated carbocycles. The number of benzene rings is 1. The van der Waals surface area contributed by atoms with Crippen molar-refractivity contribution in [2.24, 2.45) is 0 Å². The van der Waals surface area contributed by atoms with Crippen LogP contribution in [0.25, 0.3) is 11.4 Å². The second-order valence-corrected chi connectivity index (χ2v) is 5.54. The molecule has 2 aromatic rings. The maximum absolute atomic E-state index is 6.00. The van der Waals surface area contributed by atoms with Crippen LogP contribution in [-0.4, -0.2) is 15.7 Å². The monoisotopic (exact) mass is 278 g/mol. The van der Waals surface area contributed by atoms with Gasteiger partial charge in [-0.15, -0.1) is 11.8 Å². The second-order valence-electron chi connectivity index (χ2n) is 3.82. The molecular weight excluding hydrogens is 264 g/mol. The van der Waals surface area contributed by atoms with Crippen molar-refractivity contribution in [1.29, 1.82) is 0 Å². The summed E-state index contributed by atoms with van der Waals surface area (Å²) in [6.45, 7) is 4.20. The molecule has 1 aromatic carbocycles. The normalized spacial score (nSPS) is 10.6. The number of halogens is 1. The lowest BCUT2D eigenvalue weighted by molar-refractivity contribution is 1.00. The summed E-state index contributed by atoms with van der Waals surface area (Å²) >= 11 is 7.83. The minimum atomic E-state index is 0.504. The minimum Gasteiger partial charge on any atom is -0.233 e. The molecule has 94 valence electrons. The average Bonchev–Trinajstić information content (AvgIpc) is 2.39. The van der Waals surface area contributed by atoms with Gasteiger partial charge in [-0.1, -0.05) is 37.6 Å². The molecule has 0 atom stereocenters. The molecule has 0 amide bonds. The predicted octanol–water partition coefficient (Wildman–Crippen LogP) is 4.47. The van der Waals surface area contributed by atoms with E-state index in [1.54, 1.807) is 0 Å². The molecule has 0 saturated heterocycles. The van der Waals surface area contributed by atoms with Crippen LogP contribution in [0.2, 0.25) is 5.15 Å². The number of thioether (sulfide) groups is 1.